The number of anilines is 1. The van der Waals surface area contributed by atoms with E-state index in [2.05, 4.69) is 10.3 Å². The quantitative estimate of drug-likeness (QED) is 0.899. The molecule has 2 rings (SSSR count). The number of amides is 1. The molecule has 1 aromatic carbocycles. The van der Waals surface area contributed by atoms with Gasteiger partial charge in [0.2, 0.25) is 11.8 Å². The second-order valence-corrected chi connectivity index (χ2v) is 7.37. The summed E-state index contributed by atoms with van der Waals surface area (Å²) < 4.78 is 5.70. The summed E-state index contributed by atoms with van der Waals surface area (Å²) in [6.07, 6.45) is -0.105. The summed E-state index contributed by atoms with van der Waals surface area (Å²) in [4.78, 5) is 27.5. The number of oxazole rings is 1. The number of rotatable bonds is 4. The van der Waals surface area contributed by atoms with E-state index in [1.807, 2.05) is 20.8 Å². The highest BCUT2D eigenvalue weighted by molar-refractivity contribution is 5.95. The second-order valence-electron chi connectivity index (χ2n) is 7.37. The number of carboxylic acid groups (broad SMARTS) is 1. The van der Waals surface area contributed by atoms with Crippen molar-refractivity contribution in [3.05, 3.63) is 24.1 Å². The average molecular weight is 318 g/mol. The zero-order chi connectivity index (χ0) is 17.4. The van der Waals surface area contributed by atoms with E-state index in [1.165, 1.54) is 13.8 Å². The summed E-state index contributed by atoms with van der Waals surface area (Å²) in [6.45, 7) is 9.06. The van der Waals surface area contributed by atoms with Crippen LogP contribution >= 0.6 is 0 Å². The number of aromatic nitrogens is 1. The highest BCUT2D eigenvalue weighted by atomic mass is 16.4. The van der Waals surface area contributed by atoms with E-state index in [9.17, 15) is 9.59 Å². The van der Waals surface area contributed by atoms with Crippen molar-refractivity contribution in [1.29, 1.82) is 0 Å². The predicted octanol–water partition coefficient (Wildman–Crippen LogP) is 3.56. The molecule has 0 atom stereocenters. The van der Waals surface area contributed by atoms with Gasteiger partial charge in [0.15, 0.2) is 5.58 Å². The van der Waals surface area contributed by atoms with Crippen molar-refractivity contribution in [1.82, 2.24) is 4.98 Å². The van der Waals surface area contributed by atoms with Gasteiger partial charge in [-0.25, -0.2) is 4.98 Å². The minimum absolute atomic E-state index is 0.105. The molecule has 2 aromatic rings. The molecule has 0 aliphatic heterocycles. The Kier molecular flexibility index (Phi) is 4.20. The van der Waals surface area contributed by atoms with E-state index >= 15 is 0 Å². The fourth-order valence-electron chi connectivity index (χ4n) is 2.01. The lowest BCUT2D eigenvalue weighted by molar-refractivity contribution is -0.148. The third-order valence-corrected chi connectivity index (χ3v) is 3.49. The van der Waals surface area contributed by atoms with Crippen molar-refractivity contribution in [3.63, 3.8) is 0 Å². The van der Waals surface area contributed by atoms with Crippen LogP contribution in [0.25, 0.3) is 11.1 Å². The summed E-state index contributed by atoms with van der Waals surface area (Å²) in [5, 5.41) is 11.8. The Hall–Kier alpha value is -2.37. The third-order valence-electron chi connectivity index (χ3n) is 3.49. The SMILES string of the molecule is CC(C)(CC(=O)Nc1ccc2oc(C(C)(C)C)nc2c1)C(=O)O. The first kappa shape index (κ1) is 17.0. The second kappa shape index (κ2) is 5.68. The minimum atomic E-state index is -1.11. The number of fused-ring (bicyclic) bond motifs is 1. The van der Waals surface area contributed by atoms with Gasteiger partial charge in [0, 0.05) is 17.5 Å². The number of benzene rings is 1. The molecule has 0 bridgehead atoms. The summed E-state index contributed by atoms with van der Waals surface area (Å²) in [5.41, 5.74) is 0.566. The fourth-order valence-corrected chi connectivity index (χ4v) is 2.01. The average Bonchev–Trinajstić information content (AvgIpc) is 2.80. The first-order valence-electron chi connectivity index (χ1n) is 7.43. The van der Waals surface area contributed by atoms with Crippen LogP contribution in [0.2, 0.25) is 0 Å². The van der Waals surface area contributed by atoms with Gasteiger partial charge >= 0.3 is 5.97 Å². The lowest BCUT2D eigenvalue weighted by Gasteiger charge is -2.18. The molecule has 0 radical (unpaired) electrons. The Morgan fingerprint density at radius 1 is 1.22 bits per heavy atom. The third kappa shape index (κ3) is 3.88. The van der Waals surface area contributed by atoms with E-state index in [1.54, 1.807) is 18.2 Å². The van der Waals surface area contributed by atoms with Crippen LogP contribution in [0.4, 0.5) is 5.69 Å². The number of carbonyl (C=O) groups is 2. The number of hydrogen-bond acceptors (Lipinski definition) is 4. The van der Waals surface area contributed by atoms with Crippen LogP contribution in [0.15, 0.2) is 22.6 Å². The van der Waals surface area contributed by atoms with Gasteiger partial charge < -0.3 is 14.8 Å². The molecule has 0 spiro atoms. The van der Waals surface area contributed by atoms with E-state index in [4.69, 9.17) is 9.52 Å². The van der Waals surface area contributed by atoms with Crippen molar-refractivity contribution < 1.29 is 19.1 Å². The summed E-state index contributed by atoms with van der Waals surface area (Å²) in [7, 11) is 0. The molecule has 2 N–H and O–H groups in total. The van der Waals surface area contributed by atoms with Crippen molar-refractivity contribution in [2.75, 3.05) is 5.32 Å². The van der Waals surface area contributed by atoms with Gasteiger partial charge in [-0.1, -0.05) is 20.8 Å². The number of carbonyl (C=O) groups excluding carboxylic acids is 1. The van der Waals surface area contributed by atoms with Crippen LogP contribution in [0, 0.1) is 5.41 Å². The molecule has 6 heteroatoms. The zero-order valence-electron chi connectivity index (χ0n) is 14.1. The van der Waals surface area contributed by atoms with Crippen LogP contribution in [-0.2, 0) is 15.0 Å². The van der Waals surface area contributed by atoms with Gasteiger partial charge in [-0.15, -0.1) is 0 Å². The highest BCUT2D eigenvalue weighted by Gasteiger charge is 2.30. The topological polar surface area (TPSA) is 92.4 Å². The van der Waals surface area contributed by atoms with Gasteiger partial charge in [-0.2, -0.15) is 0 Å². The Morgan fingerprint density at radius 2 is 1.87 bits per heavy atom. The predicted molar refractivity (Wildman–Crippen MR) is 87.4 cm³/mol. The van der Waals surface area contributed by atoms with Crippen molar-refractivity contribution >= 4 is 28.7 Å². The fraction of sp³-hybridized carbons (Fsp3) is 0.471. The number of nitrogens with zero attached hydrogens (tertiary/aromatic N) is 1. The molecule has 0 aliphatic rings. The molecule has 1 aromatic heterocycles. The molecule has 1 heterocycles. The standard InChI is InChI=1S/C17H22N2O4/c1-16(2,3)14-19-11-8-10(6-7-12(11)23-14)18-13(20)9-17(4,5)15(21)22/h6-8H,9H2,1-5H3,(H,18,20)(H,21,22). The molecular weight excluding hydrogens is 296 g/mol. The van der Waals surface area contributed by atoms with Crippen LogP contribution in [0.3, 0.4) is 0 Å². The van der Waals surface area contributed by atoms with Gasteiger partial charge in [0.05, 0.1) is 5.41 Å². The van der Waals surface area contributed by atoms with Crippen LogP contribution in [0.1, 0.15) is 46.9 Å². The van der Waals surface area contributed by atoms with Crippen molar-refractivity contribution in [2.24, 2.45) is 5.41 Å². The van der Waals surface area contributed by atoms with Gasteiger partial charge in [-0.3, -0.25) is 9.59 Å². The molecule has 0 saturated heterocycles. The Morgan fingerprint density at radius 3 is 2.43 bits per heavy atom. The Labute approximate surface area is 134 Å². The smallest absolute Gasteiger partial charge is 0.309 e. The number of nitrogens with one attached hydrogen (secondary N) is 1. The van der Waals surface area contributed by atoms with Gasteiger partial charge in [0.25, 0.3) is 0 Å². The largest absolute Gasteiger partial charge is 0.481 e. The van der Waals surface area contributed by atoms with Crippen LogP contribution in [-0.4, -0.2) is 22.0 Å². The lowest BCUT2D eigenvalue weighted by Crippen LogP contribution is -2.29. The molecule has 1 amide bonds. The maximum atomic E-state index is 12.0. The normalized spacial score (nSPS) is 12.4. The van der Waals surface area contributed by atoms with Gasteiger partial charge in [-0.05, 0) is 32.0 Å². The molecule has 6 nitrogen and oxygen atoms in total. The highest BCUT2D eigenvalue weighted by Crippen LogP contribution is 2.28. The summed E-state index contributed by atoms with van der Waals surface area (Å²) >= 11 is 0. The Bertz CT molecular complexity index is 754. The van der Waals surface area contributed by atoms with Gasteiger partial charge in [0.1, 0.15) is 5.52 Å². The molecule has 0 aliphatic carbocycles. The first-order valence-corrected chi connectivity index (χ1v) is 7.43. The Balaban J connectivity index is 2.18. The molecule has 0 fully saturated rings. The molecule has 124 valence electrons. The number of aliphatic carboxylic acids is 1. The van der Waals surface area contributed by atoms with E-state index in [-0.39, 0.29) is 17.7 Å². The summed E-state index contributed by atoms with van der Waals surface area (Å²) in [5.74, 6) is -0.728. The lowest BCUT2D eigenvalue weighted by atomic mass is 9.89. The monoisotopic (exact) mass is 318 g/mol. The maximum absolute atomic E-state index is 12.0. The number of carboxylic acids is 1. The van der Waals surface area contributed by atoms with Crippen molar-refractivity contribution in [3.8, 4) is 0 Å². The first-order chi connectivity index (χ1) is 10.5. The summed E-state index contributed by atoms with van der Waals surface area (Å²) in [6, 6.07) is 5.18. The zero-order valence-corrected chi connectivity index (χ0v) is 14.1. The van der Waals surface area contributed by atoms with Crippen LogP contribution < -0.4 is 5.32 Å². The minimum Gasteiger partial charge on any atom is -0.481 e. The molecule has 23 heavy (non-hydrogen) atoms. The van der Waals surface area contributed by atoms with E-state index < -0.39 is 11.4 Å². The molecule has 0 unspecified atom stereocenters. The number of hydrogen-bond donors (Lipinski definition) is 2. The maximum Gasteiger partial charge on any atom is 0.309 e. The van der Waals surface area contributed by atoms with E-state index in [0.29, 0.717) is 22.7 Å². The molecule has 0 saturated carbocycles. The van der Waals surface area contributed by atoms with E-state index in [0.717, 1.165) is 0 Å². The van der Waals surface area contributed by atoms with Crippen molar-refractivity contribution in [2.45, 2.75) is 46.5 Å². The molecular formula is C17H22N2O4. The van der Waals surface area contributed by atoms with Crippen LogP contribution in [0.5, 0.6) is 0 Å².